The third-order valence-corrected chi connectivity index (χ3v) is 3.52. The molecule has 0 aromatic carbocycles. The van der Waals surface area contributed by atoms with Crippen LogP contribution in [0.5, 0.6) is 0 Å². The van der Waals surface area contributed by atoms with Crippen molar-refractivity contribution in [1.82, 2.24) is 9.80 Å². The molecule has 0 aliphatic carbocycles. The van der Waals surface area contributed by atoms with Crippen molar-refractivity contribution in [3.63, 3.8) is 0 Å². The van der Waals surface area contributed by atoms with Crippen molar-refractivity contribution in [1.29, 1.82) is 0 Å². The van der Waals surface area contributed by atoms with Gasteiger partial charge in [0.15, 0.2) is 0 Å². The quantitative estimate of drug-likeness (QED) is 0.545. The molecule has 1 atom stereocenters. The minimum absolute atomic E-state index is 0.269. The first kappa shape index (κ1) is 11.1. The normalized spacial score (nSPS) is 25.2. The molecule has 16 heavy (non-hydrogen) atoms. The van der Waals surface area contributed by atoms with Crippen LogP contribution in [0.2, 0.25) is 0 Å². The summed E-state index contributed by atoms with van der Waals surface area (Å²) in [5.74, 6) is 0.367. The fourth-order valence-corrected chi connectivity index (χ4v) is 2.48. The Kier molecular flexibility index (Phi) is 2.49. The number of amides is 3. The first-order chi connectivity index (χ1) is 7.49. The van der Waals surface area contributed by atoms with E-state index in [0.29, 0.717) is 5.84 Å². The van der Waals surface area contributed by atoms with E-state index in [9.17, 15) is 9.59 Å². The van der Waals surface area contributed by atoms with Gasteiger partial charge in [0, 0.05) is 7.05 Å². The molecular formula is C9H13N4O2S+. The van der Waals surface area contributed by atoms with Gasteiger partial charge in [-0.3, -0.25) is 9.69 Å². The van der Waals surface area contributed by atoms with E-state index in [0.717, 1.165) is 10.1 Å². The number of nitrogens with zero attached hydrogens (tertiary/aromatic N) is 4. The number of thioether (sulfide) groups is 1. The molecule has 2 aliphatic heterocycles. The van der Waals surface area contributed by atoms with E-state index in [2.05, 4.69) is 4.99 Å². The van der Waals surface area contributed by atoms with Gasteiger partial charge in [-0.25, -0.2) is 14.3 Å². The molecular weight excluding hydrogens is 228 g/mol. The van der Waals surface area contributed by atoms with E-state index in [1.165, 1.54) is 23.7 Å². The molecule has 2 heterocycles. The first-order valence-corrected chi connectivity index (χ1v) is 5.99. The SMILES string of the molecule is CSC1=NC2C(=O)N(C)C(=O)N(C)C2=[N+]1C. The second-order valence-corrected chi connectivity index (χ2v) is 4.45. The molecule has 0 spiro atoms. The fraction of sp³-hybridized carbons (Fsp3) is 0.556. The molecule has 0 aromatic heterocycles. The van der Waals surface area contributed by atoms with Gasteiger partial charge >= 0.3 is 6.03 Å². The number of likely N-dealkylation sites (N-methyl/N-ethyl adjacent to an activating group) is 2. The smallest absolute Gasteiger partial charge is 0.269 e. The van der Waals surface area contributed by atoms with E-state index in [1.807, 2.05) is 13.3 Å². The average molecular weight is 241 g/mol. The molecule has 0 N–H and O–H groups in total. The van der Waals surface area contributed by atoms with Crippen LogP contribution in [-0.2, 0) is 4.79 Å². The maximum atomic E-state index is 11.9. The van der Waals surface area contributed by atoms with Crippen LogP contribution < -0.4 is 0 Å². The molecule has 0 saturated carbocycles. The second-order valence-electron chi connectivity index (χ2n) is 3.67. The molecule has 6 nitrogen and oxygen atoms in total. The number of fused-ring (bicyclic) bond motifs is 1. The first-order valence-electron chi connectivity index (χ1n) is 4.76. The molecule has 0 bridgehead atoms. The Bertz CT molecular complexity index is 443. The summed E-state index contributed by atoms with van der Waals surface area (Å²) in [6.45, 7) is 0. The fourth-order valence-electron chi connectivity index (χ4n) is 1.90. The van der Waals surface area contributed by atoms with Crippen molar-refractivity contribution in [2.24, 2.45) is 4.99 Å². The van der Waals surface area contributed by atoms with Crippen molar-refractivity contribution in [2.75, 3.05) is 27.4 Å². The lowest BCUT2D eigenvalue weighted by Crippen LogP contribution is -2.59. The van der Waals surface area contributed by atoms with Crippen LogP contribution in [0.3, 0.4) is 0 Å². The minimum atomic E-state index is -0.569. The average Bonchev–Trinajstić information content (AvgIpc) is 2.61. The van der Waals surface area contributed by atoms with Gasteiger partial charge in [0.2, 0.25) is 0 Å². The largest absolute Gasteiger partial charge is 0.388 e. The number of urea groups is 1. The number of imide groups is 1. The van der Waals surface area contributed by atoms with E-state index in [1.54, 1.807) is 11.6 Å². The number of carbonyl (C=O) groups excluding carboxylic acids is 2. The Balaban J connectivity index is 2.51. The number of hydrogen-bond donors (Lipinski definition) is 0. The highest BCUT2D eigenvalue weighted by Crippen LogP contribution is 2.20. The summed E-state index contributed by atoms with van der Waals surface area (Å²) < 4.78 is 1.79. The maximum Gasteiger partial charge on any atom is 0.388 e. The van der Waals surface area contributed by atoms with Crippen molar-refractivity contribution in [3.05, 3.63) is 0 Å². The van der Waals surface area contributed by atoms with E-state index in [4.69, 9.17) is 0 Å². The Morgan fingerprint density at radius 1 is 1.31 bits per heavy atom. The highest BCUT2D eigenvalue weighted by molar-refractivity contribution is 8.12. The number of carbonyl (C=O) groups is 2. The molecule has 0 aromatic rings. The molecule has 0 radical (unpaired) electrons. The lowest BCUT2D eigenvalue weighted by Gasteiger charge is -2.27. The Morgan fingerprint density at radius 2 is 1.94 bits per heavy atom. The third kappa shape index (κ3) is 1.27. The van der Waals surface area contributed by atoms with Crippen LogP contribution in [0.4, 0.5) is 4.79 Å². The zero-order valence-electron chi connectivity index (χ0n) is 9.59. The molecule has 1 saturated heterocycles. The van der Waals surface area contributed by atoms with Crippen molar-refractivity contribution in [2.45, 2.75) is 6.04 Å². The molecule has 3 amide bonds. The number of aliphatic imine (C=N–C) groups is 1. The zero-order chi connectivity index (χ0) is 12.0. The van der Waals surface area contributed by atoms with Gasteiger partial charge in [0.25, 0.3) is 23.0 Å². The number of rotatable bonds is 0. The van der Waals surface area contributed by atoms with Crippen LogP contribution in [0, 0.1) is 0 Å². The van der Waals surface area contributed by atoms with E-state index < -0.39 is 6.04 Å². The lowest BCUT2D eigenvalue weighted by atomic mass is 10.2. The Labute approximate surface area is 97.6 Å². The van der Waals surface area contributed by atoms with E-state index in [-0.39, 0.29) is 11.9 Å². The van der Waals surface area contributed by atoms with E-state index >= 15 is 0 Å². The maximum absolute atomic E-state index is 11.9. The van der Waals surface area contributed by atoms with Gasteiger partial charge in [-0.05, 0) is 6.26 Å². The summed E-state index contributed by atoms with van der Waals surface area (Å²) in [6, 6.07) is -0.888. The summed E-state index contributed by atoms with van der Waals surface area (Å²) in [4.78, 5) is 30.5. The van der Waals surface area contributed by atoms with Gasteiger partial charge < -0.3 is 0 Å². The highest BCUT2D eigenvalue weighted by atomic mass is 32.2. The molecule has 2 rings (SSSR count). The van der Waals surface area contributed by atoms with Crippen LogP contribution in [0.1, 0.15) is 0 Å². The second kappa shape index (κ2) is 3.58. The number of amidine groups is 2. The van der Waals surface area contributed by atoms with Gasteiger partial charge in [-0.1, -0.05) is 11.8 Å². The Hall–Kier alpha value is -1.37. The van der Waals surface area contributed by atoms with Gasteiger partial charge in [-0.15, -0.1) is 4.99 Å². The predicted molar refractivity (Wildman–Crippen MR) is 61.9 cm³/mol. The highest BCUT2D eigenvalue weighted by Gasteiger charge is 2.51. The standard InChI is InChI=1S/C9H13N4O2S/c1-11-6-5(10-8(11)16-4)7(14)13(3)9(15)12(6)2/h5H,1-4H3/q+1. The minimum Gasteiger partial charge on any atom is -0.269 e. The van der Waals surface area contributed by atoms with Crippen LogP contribution in [-0.4, -0.2) is 70.8 Å². The van der Waals surface area contributed by atoms with Gasteiger partial charge in [0.05, 0.1) is 14.1 Å². The van der Waals surface area contributed by atoms with Crippen molar-refractivity contribution in [3.8, 4) is 0 Å². The summed E-state index contributed by atoms with van der Waals surface area (Å²) in [5.41, 5.74) is 0. The number of hydrogen-bond acceptors (Lipinski definition) is 4. The molecule has 86 valence electrons. The van der Waals surface area contributed by atoms with Gasteiger partial charge in [0.1, 0.15) is 0 Å². The molecule has 2 aliphatic rings. The summed E-state index contributed by atoms with van der Waals surface area (Å²) in [5, 5.41) is 0.753. The molecule has 7 heteroatoms. The van der Waals surface area contributed by atoms with Crippen molar-refractivity contribution >= 4 is 34.7 Å². The monoisotopic (exact) mass is 241 g/mol. The molecule has 1 fully saturated rings. The third-order valence-electron chi connectivity index (χ3n) is 2.78. The van der Waals surface area contributed by atoms with Crippen LogP contribution in [0.15, 0.2) is 4.99 Å². The topological polar surface area (TPSA) is 56.0 Å². The lowest BCUT2D eigenvalue weighted by molar-refractivity contribution is -0.367. The molecule has 1 unspecified atom stereocenters. The summed E-state index contributed by atoms with van der Waals surface area (Å²) in [7, 11) is 4.94. The Morgan fingerprint density at radius 3 is 2.50 bits per heavy atom. The van der Waals surface area contributed by atoms with Gasteiger partial charge in [-0.2, -0.15) is 0 Å². The predicted octanol–water partition coefficient (Wildman–Crippen LogP) is -0.348. The summed E-state index contributed by atoms with van der Waals surface area (Å²) in [6.07, 6.45) is 1.89. The van der Waals surface area contributed by atoms with Crippen LogP contribution >= 0.6 is 11.8 Å². The van der Waals surface area contributed by atoms with Crippen molar-refractivity contribution < 1.29 is 14.2 Å². The zero-order valence-corrected chi connectivity index (χ0v) is 10.4. The van der Waals surface area contributed by atoms with Crippen LogP contribution in [0.25, 0.3) is 0 Å². The summed E-state index contributed by atoms with van der Waals surface area (Å²) >= 11 is 1.46.